The predicted molar refractivity (Wildman–Crippen MR) is 120 cm³/mol. The van der Waals surface area contributed by atoms with Gasteiger partial charge in [0.2, 0.25) is 11.8 Å². The van der Waals surface area contributed by atoms with E-state index in [-0.39, 0.29) is 17.8 Å². The van der Waals surface area contributed by atoms with Crippen molar-refractivity contribution in [2.75, 3.05) is 0 Å². The summed E-state index contributed by atoms with van der Waals surface area (Å²) in [4.78, 5) is 51.8. The Balaban J connectivity index is 1.30. The van der Waals surface area contributed by atoms with Crippen LogP contribution in [0.1, 0.15) is 50.5 Å². The minimum atomic E-state index is -0.629. The van der Waals surface area contributed by atoms with Gasteiger partial charge in [-0.1, -0.05) is 23.7 Å². The first-order chi connectivity index (χ1) is 15.3. The summed E-state index contributed by atoms with van der Waals surface area (Å²) in [6.45, 7) is 2.90. The van der Waals surface area contributed by atoms with Crippen LogP contribution in [0, 0.1) is 6.92 Å². The minimum absolute atomic E-state index is 0.202. The van der Waals surface area contributed by atoms with Gasteiger partial charge < -0.3 is 15.5 Å². The molecule has 0 saturated carbocycles. The lowest BCUT2D eigenvalue weighted by molar-refractivity contribution is -0.132. The molecular weight excluding hydrogens is 452 g/mol. The van der Waals surface area contributed by atoms with Gasteiger partial charge in [-0.3, -0.25) is 19.7 Å². The molecule has 4 rings (SSSR count). The van der Waals surface area contributed by atoms with Crippen LogP contribution < -0.4 is 16.0 Å². The molecule has 2 aliphatic heterocycles. The first kappa shape index (κ1) is 22.3. The number of thiophene rings is 1. The average molecular weight is 475 g/mol. The summed E-state index contributed by atoms with van der Waals surface area (Å²) in [6, 6.07) is 6.58. The standard InChI is InChI=1S/C22H23ClN4O4S/c1-12-5-6-13(7-16(12)23)9-24-22(31)25-10-15-8-14-11-27(21(30)19(14)32-15)17-3-2-4-18(28)26-20(17)29/h5-8,17H,2-4,9-11H2,1H3,(H2,24,25,31)(H,26,28,29)/t17-/m0/s1. The third-order valence-electron chi connectivity index (χ3n) is 5.59. The molecule has 0 unspecified atom stereocenters. The topological polar surface area (TPSA) is 108 Å². The molecule has 1 atom stereocenters. The van der Waals surface area contributed by atoms with Crippen molar-refractivity contribution in [3.63, 3.8) is 0 Å². The van der Waals surface area contributed by atoms with Gasteiger partial charge in [-0.25, -0.2) is 4.79 Å². The monoisotopic (exact) mass is 474 g/mol. The van der Waals surface area contributed by atoms with Gasteiger partial charge in [-0.15, -0.1) is 11.3 Å². The fraction of sp³-hybridized carbons (Fsp3) is 0.364. The number of fused-ring (bicyclic) bond motifs is 1. The normalized spacial score (nSPS) is 18.2. The average Bonchev–Trinajstić information content (AvgIpc) is 3.23. The van der Waals surface area contributed by atoms with E-state index in [1.54, 1.807) is 0 Å². The summed E-state index contributed by atoms with van der Waals surface area (Å²) in [5, 5.41) is 8.59. The van der Waals surface area contributed by atoms with Crippen LogP contribution in [0.25, 0.3) is 0 Å². The van der Waals surface area contributed by atoms with Gasteiger partial charge in [-0.05, 0) is 48.6 Å². The second-order valence-electron chi connectivity index (χ2n) is 7.94. The van der Waals surface area contributed by atoms with Gasteiger partial charge in [0.1, 0.15) is 6.04 Å². The van der Waals surface area contributed by atoms with E-state index in [1.807, 2.05) is 31.2 Å². The van der Waals surface area contributed by atoms with E-state index in [1.165, 1.54) is 16.2 Å². The first-order valence-electron chi connectivity index (χ1n) is 10.3. The van der Waals surface area contributed by atoms with Crippen LogP contribution in [0.15, 0.2) is 24.3 Å². The summed E-state index contributed by atoms with van der Waals surface area (Å²) in [7, 11) is 0. The number of carbonyl (C=O) groups excluding carboxylic acids is 4. The fourth-order valence-electron chi connectivity index (χ4n) is 3.84. The lowest BCUT2D eigenvalue weighted by Gasteiger charge is -2.24. The van der Waals surface area contributed by atoms with E-state index in [2.05, 4.69) is 16.0 Å². The zero-order valence-corrected chi connectivity index (χ0v) is 19.1. The molecular formula is C22H23ClN4O4S. The van der Waals surface area contributed by atoms with Crippen molar-refractivity contribution < 1.29 is 19.2 Å². The van der Waals surface area contributed by atoms with E-state index < -0.39 is 11.9 Å². The SMILES string of the molecule is Cc1ccc(CNC(=O)NCc2cc3c(s2)C(=O)N([C@H]2CCCC(=O)NC2=O)C3)cc1Cl. The Kier molecular flexibility index (Phi) is 6.48. The van der Waals surface area contributed by atoms with Crippen LogP contribution in [0.2, 0.25) is 5.02 Å². The molecule has 2 aromatic rings. The summed E-state index contributed by atoms with van der Waals surface area (Å²) in [5.74, 6) is -0.910. The molecule has 1 aromatic carbocycles. The number of benzene rings is 1. The molecule has 1 aromatic heterocycles. The number of aryl methyl sites for hydroxylation is 1. The van der Waals surface area contributed by atoms with Gasteiger partial charge in [0.15, 0.2) is 0 Å². The maximum atomic E-state index is 12.9. The maximum Gasteiger partial charge on any atom is 0.315 e. The molecule has 1 saturated heterocycles. The van der Waals surface area contributed by atoms with Crippen molar-refractivity contribution >= 4 is 46.7 Å². The molecule has 0 spiro atoms. The van der Waals surface area contributed by atoms with Gasteiger partial charge in [-0.2, -0.15) is 0 Å². The molecule has 2 aliphatic rings. The number of halogens is 1. The molecule has 0 aliphatic carbocycles. The summed E-state index contributed by atoms with van der Waals surface area (Å²) in [5.41, 5.74) is 2.72. The molecule has 32 heavy (non-hydrogen) atoms. The number of amides is 5. The van der Waals surface area contributed by atoms with Crippen molar-refractivity contribution in [2.45, 2.75) is 51.9 Å². The number of hydrogen-bond donors (Lipinski definition) is 3. The molecule has 5 amide bonds. The number of nitrogens with one attached hydrogen (secondary N) is 3. The number of rotatable bonds is 5. The lowest BCUT2D eigenvalue weighted by atomic mass is 10.1. The highest BCUT2D eigenvalue weighted by atomic mass is 35.5. The maximum absolute atomic E-state index is 12.9. The second kappa shape index (κ2) is 9.30. The molecule has 3 heterocycles. The van der Waals surface area contributed by atoms with Crippen LogP contribution in [-0.2, 0) is 29.2 Å². The van der Waals surface area contributed by atoms with Gasteiger partial charge in [0.25, 0.3) is 5.91 Å². The van der Waals surface area contributed by atoms with E-state index in [0.29, 0.717) is 48.8 Å². The zero-order valence-electron chi connectivity index (χ0n) is 17.5. The number of urea groups is 1. The highest BCUT2D eigenvalue weighted by Crippen LogP contribution is 2.33. The van der Waals surface area contributed by atoms with Crippen LogP contribution in [0.4, 0.5) is 4.79 Å². The van der Waals surface area contributed by atoms with Gasteiger partial charge in [0, 0.05) is 29.4 Å². The second-order valence-corrected chi connectivity index (χ2v) is 9.48. The molecule has 1 fully saturated rings. The lowest BCUT2D eigenvalue weighted by Crippen LogP contribution is -2.46. The number of carbonyl (C=O) groups is 4. The Morgan fingerprint density at radius 1 is 1.22 bits per heavy atom. The minimum Gasteiger partial charge on any atom is -0.334 e. The molecule has 0 radical (unpaired) electrons. The van der Waals surface area contributed by atoms with Crippen molar-refractivity contribution in [1.29, 1.82) is 0 Å². The van der Waals surface area contributed by atoms with Crippen molar-refractivity contribution in [1.82, 2.24) is 20.9 Å². The molecule has 8 nitrogen and oxygen atoms in total. The largest absolute Gasteiger partial charge is 0.334 e. The van der Waals surface area contributed by atoms with Crippen LogP contribution in [0.3, 0.4) is 0 Å². The fourth-order valence-corrected chi connectivity index (χ4v) is 5.11. The van der Waals surface area contributed by atoms with Crippen LogP contribution >= 0.6 is 22.9 Å². The summed E-state index contributed by atoms with van der Waals surface area (Å²) in [6.07, 6.45) is 1.33. The summed E-state index contributed by atoms with van der Waals surface area (Å²) < 4.78 is 0. The Labute approximate surface area is 194 Å². The smallest absolute Gasteiger partial charge is 0.315 e. The van der Waals surface area contributed by atoms with E-state index in [9.17, 15) is 19.2 Å². The number of hydrogen-bond acceptors (Lipinski definition) is 5. The van der Waals surface area contributed by atoms with Gasteiger partial charge in [0.05, 0.1) is 11.4 Å². The first-order valence-corrected chi connectivity index (χ1v) is 11.5. The zero-order chi connectivity index (χ0) is 22.8. The van der Waals surface area contributed by atoms with Crippen LogP contribution in [-0.4, -0.2) is 34.7 Å². The van der Waals surface area contributed by atoms with E-state index in [4.69, 9.17) is 11.6 Å². The molecule has 10 heteroatoms. The highest BCUT2D eigenvalue weighted by molar-refractivity contribution is 7.14. The molecule has 0 bridgehead atoms. The Bertz CT molecular complexity index is 1100. The molecule has 168 valence electrons. The Hall–Kier alpha value is -2.91. The third-order valence-corrected chi connectivity index (χ3v) is 7.16. The van der Waals surface area contributed by atoms with Crippen molar-refractivity contribution in [2.24, 2.45) is 0 Å². The highest BCUT2D eigenvalue weighted by Gasteiger charge is 2.39. The Morgan fingerprint density at radius 3 is 2.75 bits per heavy atom. The predicted octanol–water partition coefficient (Wildman–Crippen LogP) is 2.86. The van der Waals surface area contributed by atoms with Gasteiger partial charge >= 0.3 is 6.03 Å². The number of imide groups is 1. The third kappa shape index (κ3) is 4.78. The van der Waals surface area contributed by atoms with Crippen molar-refractivity contribution in [3.05, 3.63) is 55.7 Å². The van der Waals surface area contributed by atoms with E-state index >= 15 is 0 Å². The van der Waals surface area contributed by atoms with E-state index in [0.717, 1.165) is 21.6 Å². The number of nitrogens with zero attached hydrogens (tertiary/aromatic N) is 1. The summed E-state index contributed by atoms with van der Waals surface area (Å²) >= 11 is 7.42. The van der Waals surface area contributed by atoms with Crippen LogP contribution in [0.5, 0.6) is 0 Å². The van der Waals surface area contributed by atoms with Crippen molar-refractivity contribution in [3.8, 4) is 0 Å². The molecule has 3 N–H and O–H groups in total. The Morgan fingerprint density at radius 2 is 2.00 bits per heavy atom. The quantitative estimate of drug-likeness (QED) is 0.579.